The fraction of sp³-hybridized carbons (Fsp3) is 0.200. The Balaban J connectivity index is 2.85. The molecule has 0 unspecified atom stereocenters. The second-order valence-corrected chi connectivity index (χ2v) is 2.99. The van der Waals surface area contributed by atoms with Crippen LogP contribution in [-0.2, 0) is 0 Å². The molecule has 72 valence electrons. The Morgan fingerprint density at radius 1 is 1.36 bits per heavy atom. The summed E-state index contributed by atoms with van der Waals surface area (Å²) in [7, 11) is 1.50. The monoisotopic (exact) mass is 190 g/mol. The van der Waals surface area contributed by atoms with E-state index in [0.717, 1.165) is 4.73 Å². The summed E-state index contributed by atoms with van der Waals surface area (Å²) in [5.41, 5.74) is 1.68. The van der Waals surface area contributed by atoms with Crippen LogP contribution in [-0.4, -0.2) is 12.1 Å². The summed E-state index contributed by atoms with van der Waals surface area (Å²) in [6, 6.07) is 7.17. The summed E-state index contributed by atoms with van der Waals surface area (Å²) in [6.07, 6.45) is 0. The lowest BCUT2D eigenvalue weighted by Crippen LogP contribution is -2.32. The fourth-order valence-electron chi connectivity index (χ4n) is 1.38. The van der Waals surface area contributed by atoms with Crippen LogP contribution in [0.15, 0.2) is 24.3 Å². The number of hydrogen-bond acceptors (Lipinski definition) is 3. The number of para-hydroxylation sites is 2. The molecular formula is C10H10N2O2. The molecule has 4 heteroatoms. The average molecular weight is 190 g/mol. The van der Waals surface area contributed by atoms with Crippen LogP contribution in [0, 0.1) is 12.1 Å². The van der Waals surface area contributed by atoms with E-state index in [4.69, 9.17) is 4.74 Å². The van der Waals surface area contributed by atoms with Crippen molar-refractivity contribution in [2.45, 2.75) is 6.92 Å². The van der Waals surface area contributed by atoms with Gasteiger partial charge in [0.1, 0.15) is 5.52 Å². The van der Waals surface area contributed by atoms with Gasteiger partial charge in [-0.2, -0.15) is 4.73 Å². The summed E-state index contributed by atoms with van der Waals surface area (Å²) < 4.78 is 5.84. The van der Waals surface area contributed by atoms with Gasteiger partial charge in [0.25, 0.3) is 11.6 Å². The van der Waals surface area contributed by atoms with Crippen molar-refractivity contribution in [3.8, 4) is 5.88 Å². The molecule has 0 saturated heterocycles. The van der Waals surface area contributed by atoms with E-state index in [1.54, 1.807) is 19.1 Å². The van der Waals surface area contributed by atoms with E-state index in [1.807, 2.05) is 12.1 Å². The Morgan fingerprint density at radius 3 is 2.79 bits per heavy atom. The molecule has 0 amide bonds. The molecular weight excluding hydrogens is 180 g/mol. The average Bonchev–Trinajstić information content (AvgIpc) is 2.23. The van der Waals surface area contributed by atoms with E-state index in [9.17, 15) is 5.21 Å². The topological polar surface area (TPSA) is 49.1 Å². The highest BCUT2D eigenvalue weighted by Gasteiger charge is 2.14. The first-order valence-corrected chi connectivity index (χ1v) is 4.27. The van der Waals surface area contributed by atoms with Crippen LogP contribution in [0.2, 0.25) is 0 Å². The Hall–Kier alpha value is -1.84. The molecule has 1 aromatic carbocycles. The molecule has 1 aromatic heterocycles. The van der Waals surface area contributed by atoms with Gasteiger partial charge in [-0.3, -0.25) is 0 Å². The van der Waals surface area contributed by atoms with Gasteiger partial charge >= 0.3 is 0 Å². The number of hydrogen-bond donors (Lipinski definition) is 0. The van der Waals surface area contributed by atoms with Crippen molar-refractivity contribution in [1.29, 1.82) is 0 Å². The van der Waals surface area contributed by atoms with Crippen LogP contribution >= 0.6 is 0 Å². The first-order chi connectivity index (χ1) is 6.74. The lowest BCUT2D eigenvalue weighted by atomic mass is 10.3. The minimum absolute atomic E-state index is 0.374. The largest absolute Gasteiger partial charge is 0.618 e. The summed E-state index contributed by atoms with van der Waals surface area (Å²) in [5, 5.41) is 11.7. The van der Waals surface area contributed by atoms with E-state index in [1.165, 1.54) is 7.11 Å². The molecule has 2 aromatic rings. The first kappa shape index (κ1) is 8.74. The highest BCUT2D eigenvalue weighted by molar-refractivity contribution is 5.71. The second kappa shape index (κ2) is 3.14. The molecule has 0 bridgehead atoms. The van der Waals surface area contributed by atoms with Gasteiger partial charge in [0.2, 0.25) is 5.52 Å². The second-order valence-electron chi connectivity index (χ2n) is 2.99. The van der Waals surface area contributed by atoms with Crippen LogP contribution in [0.1, 0.15) is 5.69 Å². The van der Waals surface area contributed by atoms with Gasteiger partial charge in [-0.1, -0.05) is 12.1 Å². The van der Waals surface area contributed by atoms with Gasteiger partial charge in [-0.25, -0.2) is 4.98 Å². The Morgan fingerprint density at radius 2 is 2.07 bits per heavy atom. The summed E-state index contributed by atoms with van der Waals surface area (Å²) in [5.74, 6) is 0.374. The maximum absolute atomic E-state index is 11.7. The molecule has 0 aliphatic heterocycles. The zero-order valence-electron chi connectivity index (χ0n) is 8.02. The molecule has 0 fully saturated rings. The molecule has 1 heterocycles. The summed E-state index contributed by atoms with van der Waals surface area (Å²) >= 11 is 0. The minimum atomic E-state index is 0.374. The highest BCUT2D eigenvalue weighted by atomic mass is 16.5. The molecule has 2 rings (SSSR count). The number of fused-ring (bicyclic) bond motifs is 1. The van der Waals surface area contributed by atoms with E-state index in [2.05, 4.69) is 4.98 Å². The zero-order valence-corrected chi connectivity index (χ0v) is 8.02. The molecule has 0 aliphatic rings. The van der Waals surface area contributed by atoms with Gasteiger partial charge in [0.05, 0.1) is 7.11 Å². The van der Waals surface area contributed by atoms with Crippen LogP contribution in [0.5, 0.6) is 5.88 Å². The summed E-state index contributed by atoms with van der Waals surface area (Å²) in [6.45, 7) is 1.69. The Kier molecular flexibility index (Phi) is 1.96. The van der Waals surface area contributed by atoms with Crippen LogP contribution in [0.3, 0.4) is 0 Å². The van der Waals surface area contributed by atoms with Crippen molar-refractivity contribution >= 4 is 11.0 Å². The van der Waals surface area contributed by atoms with Crippen molar-refractivity contribution in [1.82, 2.24) is 4.98 Å². The third kappa shape index (κ3) is 1.16. The smallest absolute Gasteiger partial charge is 0.284 e. The van der Waals surface area contributed by atoms with Gasteiger partial charge in [0, 0.05) is 13.0 Å². The zero-order chi connectivity index (χ0) is 10.1. The predicted octanol–water partition coefficient (Wildman–Crippen LogP) is 1.19. The van der Waals surface area contributed by atoms with E-state index >= 15 is 0 Å². The number of rotatable bonds is 1. The van der Waals surface area contributed by atoms with Crippen LogP contribution in [0.25, 0.3) is 11.0 Å². The van der Waals surface area contributed by atoms with Gasteiger partial charge < -0.3 is 9.94 Å². The van der Waals surface area contributed by atoms with Gasteiger partial charge in [0.15, 0.2) is 0 Å². The molecule has 14 heavy (non-hydrogen) atoms. The molecule has 0 saturated carbocycles. The molecule has 0 N–H and O–H groups in total. The Bertz CT molecular complexity index is 483. The minimum Gasteiger partial charge on any atom is -0.618 e. The van der Waals surface area contributed by atoms with Gasteiger partial charge in [-0.15, -0.1) is 0 Å². The number of aromatic nitrogens is 2. The predicted molar refractivity (Wildman–Crippen MR) is 52.0 cm³/mol. The lowest BCUT2D eigenvalue weighted by Gasteiger charge is -2.07. The van der Waals surface area contributed by atoms with E-state index in [0.29, 0.717) is 22.6 Å². The van der Waals surface area contributed by atoms with Crippen molar-refractivity contribution in [2.75, 3.05) is 7.11 Å². The number of methoxy groups -OCH3 is 1. The molecule has 0 atom stereocenters. The quantitative estimate of drug-likeness (QED) is 0.501. The van der Waals surface area contributed by atoms with Crippen LogP contribution < -0.4 is 9.47 Å². The first-order valence-electron chi connectivity index (χ1n) is 4.27. The SMILES string of the molecule is COc1nc2ccccc2[n+]([O-])c1C. The standard InChI is InChI=1S/C10H10N2O2/c1-7-10(14-2)11-8-5-3-4-6-9(8)12(7)13/h3-6H,1-2H3. The number of ether oxygens (including phenoxy) is 1. The van der Waals surface area contributed by atoms with Crippen molar-refractivity contribution in [2.24, 2.45) is 0 Å². The third-order valence-electron chi connectivity index (χ3n) is 2.13. The van der Waals surface area contributed by atoms with Crippen LogP contribution in [0.4, 0.5) is 0 Å². The maximum atomic E-state index is 11.7. The number of benzene rings is 1. The molecule has 0 aliphatic carbocycles. The Labute approximate surface area is 81.4 Å². The molecule has 0 radical (unpaired) electrons. The van der Waals surface area contributed by atoms with Gasteiger partial charge in [-0.05, 0) is 6.07 Å². The maximum Gasteiger partial charge on any atom is 0.284 e. The lowest BCUT2D eigenvalue weighted by molar-refractivity contribution is -0.585. The molecule has 4 nitrogen and oxygen atoms in total. The van der Waals surface area contributed by atoms with Crippen molar-refractivity contribution in [3.05, 3.63) is 35.2 Å². The fourth-order valence-corrected chi connectivity index (χ4v) is 1.38. The number of nitrogens with zero attached hydrogens (tertiary/aromatic N) is 2. The van der Waals surface area contributed by atoms with Crippen molar-refractivity contribution < 1.29 is 9.47 Å². The summed E-state index contributed by atoms with van der Waals surface area (Å²) in [4.78, 5) is 4.21. The van der Waals surface area contributed by atoms with Crippen molar-refractivity contribution in [3.63, 3.8) is 0 Å². The third-order valence-corrected chi connectivity index (χ3v) is 2.13. The van der Waals surface area contributed by atoms with E-state index < -0.39 is 0 Å². The molecule has 0 spiro atoms. The van der Waals surface area contributed by atoms with E-state index in [-0.39, 0.29) is 0 Å². The normalized spacial score (nSPS) is 10.4. The highest BCUT2D eigenvalue weighted by Crippen LogP contribution is 2.15.